The molecule has 0 spiro atoms. The molecule has 4 aromatic rings. The maximum absolute atomic E-state index is 14.5. The van der Waals surface area contributed by atoms with Crippen LogP contribution < -0.4 is 5.32 Å². The minimum absolute atomic E-state index is 0.149. The fraction of sp³-hybridized carbons (Fsp3) is 0.208. The Kier molecular flexibility index (Phi) is 4.92. The number of benzene rings is 2. The van der Waals surface area contributed by atoms with E-state index in [9.17, 15) is 22.4 Å². The third-order valence-electron chi connectivity index (χ3n) is 5.68. The van der Waals surface area contributed by atoms with Gasteiger partial charge in [0, 0.05) is 17.8 Å². The number of alkyl halides is 3. The van der Waals surface area contributed by atoms with Crippen molar-refractivity contribution in [3.05, 3.63) is 77.2 Å². The number of hydrogen-bond acceptors (Lipinski definition) is 3. The summed E-state index contributed by atoms with van der Waals surface area (Å²) in [5.74, 6) is -1.42. The second-order valence-electron chi connectivity index (χ2n) is 8.10. The summed E-state index contributed by atoms with van der Waals surface area (Å²) >= 11 is 0. The van der Waals surface area contributed by atoms with E-state index in [2.05, 4.69) is 15.5 Å². The number of amides is 1. The van der Waals surface area contributed by atoms with Crippen LogP contribution >= 0.6 is 0 Å². The lowest BCUT2D eigenvalue weighted by Crippen LogP contribution is -2.25. The number of pyridine rings is 1. The molecule has 0 radical (unpaired) electrons. The van der Waals surface area contributed by atoms with Crippen molar-refractivity contribution in [2.75, 3.05) is 0 Å². The molecule has 33 heavy (non-hydrogen) atoms. The highest BCUT2D eigenvalue weighted by molar-refractivity contribution is 5.96. The van der Waals surface area contributed by atoms with Gasteiger partial charge in [0.25, 0.3) is 5.91 Å². The van der Waals surface area contributed by atoms with E-state index in [1.165, 1.54) is 10.6 Å². The van der Waals surface area contributed by atoms with Crippen LogP contribution in [0.2, 0.25) is 0 Å². The first-order valence-corrected chi connectivity index (χ1v) is 10.3. The topological polar surface area (TPSA) is 59.3 Å². The first-order valence-electron chi connectivity index (χ1n) is 10.3. The normalized spacial score (nSPS) is 14.0. The van der Waals surface area contributed by atoms with Crippen molar-refractivity contribution >= 4 is 11.6 Å². The zero-order valence-electron chi connectivity index (χ0n) is 17.4. The maximum Gasteiger partial charge on any atom is 0.417 e. The Bertz CT molecular complexity index is 1390. The Morgan fingerprint density at radius 3 is 2.61 bits per heavy atom. The Labute approximate surface area is 186 Å². The predicted molar refractivity (Wildman–Crippen MR) is 114 cm³/mol. The predicted octanol–water partition coefficient (Wildman–Crippen LogP) is 5.42. The Balaban J connectivity index is 1.57. The molecular weight excluding hydrogens is 436 g/mol. The Morgan fingerprint density at radius 1 is 1.09 bits per heavy atom. The van der Waals surface area contributed by atoms with Gasteiger partial charge in [0.1, 0.15) is 5.82 Å². The average molecular weight is 454 g/mol. The highest BCUT2D eigenvalue weighted by atomic mass is 19.4. The fourth-order valence-electron chi connectivity index (χ4n) is 3.79. The summed E-state index contributed by atoms with van der Waals surface area (Å²) in [4.78, 5) is 12.4. The number of rotatable bonds is 4. The largest absolute Gasteiger partial charge is 0.417 e. The minimum Gasteiger partial charge on any atom is -0.349 e. The summed E-state index contributed by atoms with van der Waals surface area (Å²) in [6.45, 7) is 1.90. The van der Waals surface area contributed by atoms with Crippen molar-refractivity contribution in [2.24, 2.45) is 0 Å². The van der Waals surface area contributed by atoms with Gasteiger partial charge >= 0.3 is 6.18 Å². The van der Waals surface area contributed by atoms with Gasteiger partial charge in [0.2, 0.25) is 0 Å². The van der Waals surface area contributed by atoms with E-state index in [4.69, 9.17) is 0 Å². The molecule has 0 atom stereocenters. The summed E-state index contributed by atoms with van der Waals surface area (Å²) in [7, 11) is 0. The molecule has 1 saturated carbocycles. The summed E-state index contributed by atoms with van der Waals surface area (Å²) in [5.41, 5.74) is 1.41. The van der Waals surface area contributed by atoms with Gasteiger partial charge in [-0.05, 0) is 72.9 Å². The zero-order valence-corrected chi connectivity index (χ0v) is 17.4. The Morgan fingerprint density at radius 2 is 1.88 bits per heavy atom. The average Bonchev–Trinajstić information content (AvgIpc) is 3.49. The van der Waals surface area contributed by atoms with Gasteiger partial charge < -0.3 is 5.32 Å². The van der Waals surface area contributed by atoms with Crippen molar-refractivity contribution in [1.82, 2.24) is 19.9 Å². The van der Waals surface area contributed by atoms with E-state index in [0.717, 1.165) is 42.2 Å². The lowest BCUT2D eigenvalue weighted by molar-refractivity contribution is -0.137. The van der Waals surface area contributed by atoms with Gasteiger partial charge in [0.05, 0.1) is 11.1 Å². The van der Waals surface area contributed by atoms with Crippen molar-refractivity contribution in [3.8, 4) is 22.5 Å². The van der Waals surface area contributed by atoms with Crippen LogP contribution in [0.15, 0.2) is 54.7 Å². The van der Waals surface area contributed by atoms with Gasteiger partial charge in [-0.2, -0.15) is 13.2 Å². The maximum atomic E-state index is 14.5. The van der Waals surface area contributed by atoms with E-state index in [1.807, 2.05) is 13.0 Å². The Hall–Kier alpha value is -3.75. The second kappa shape index (κ2) is 7.68. The molecule has 0 bridgehead atoms. The van der Waals surface area contributed by atoms with Crippen molar-refractivity contribution in [2.45, 2.75) is 32.0 Å². The van der Waals surface area contributed by atoms with Gasteiger partial charge in [-0.25, -0.2) is 4.39 Å². The molecule has 1 aliphatic carbocycles. The molecule has 5 nitrogen and oxygen atoms in total. The molecule has 0 aliphatic heterocycles. The quantitative estimate of drug-likeness (QED) is 0.419. The van der Waals surface area contributed by atoms with Gasteiger partial charge in [-0.15, -0.1) is 10.2 Å². The molecule has 9 heteroatoms. The molecule has 1 fully saturated rings. The fourth-order valence-corrected chi connectivity index (χ4v) is 3.79. The zero-order chi connectivity index (χ0) is 23.3. The van der Waals surface area contributed by atoms with Crippen molar-refractivity contribution in [1.29, 1.82) is 0 Å². The molecule has 0 saturated heterocycles. The van der Waals surface area contributed by atoms with Gasteiger partial charge in [-0.1, -0.05) is 12.1 Å². The van der Waals surface area contributed by atoms with Crippen LogP contribution in [0.1, 0.15) is 34.3 Å². The molecule has 5 rings (SSSR count). The SMILES string of the molecule is Cc1ccc(C(=O)NC2CC2)cc1-c1ccn2c(-c3c(F)cccc3C(F)(F)F)nnc2c1. The molecule has 2 aromatic carbocycles. The van der Waals surface area contributed by atoms with Crippen LogP contribution in [-0.2, 0) is 6.18 Å². The van der Waals surface area contributed by atoms with E-state index in [0.29, 0.717) is 11.1 Å². The van der Waals surface area contributed by atoms with E-state index in [-0.39, 0.29) is 23.4 Å². The number of carbonyl (C=O) groups excluding carboxylic acids is 1. The first-order chi connectivity index (χ1) is 15.7. The summed E-state index contributed by atoms with van der Waals surface area (Å²) < 4.78 is 56.2. The van der Waals surface area contributed by atoms with Crippen LogP contribution in [0, 0.1) is 12.7 Å². The van der Waals surface area contributed by atoms with E-state index in [1.54, 1.807) is 24.3 Å². The van der Waals surface area contributed by atoms with Crippen LogP contribution in [0.4, 0.5) is 17.6 Å². The first kappa shape index (κ1) is 21.1. The van der Waals surface area contributed by atoms with Crippen molar-refractivity contribution < 1.29 is 22.4 Å². The number of carbonyl (C=O) groups is 1. The monoisotopic (exact) mass is 454 g/mol. The molecular formula is C24H18F4N4O. The summed E-state index contributed by atoms with van der Waals surface area (Å²) in [5, 5.41) is 10.8. The number of halogens is 4. The number of nitrogens with zero attached hydrogens (tertiary/aromatic N) is 3. The summed E-state index contributed by atoms with van der Waals surface area (Å²) in [6, 6.07) is 11.7. The molecule has 1 N–H and O–H groups in total. The number of nitrogens with one attached hydrogen (secondary N) is 1. The number of aromatic nitrogens is 3. The van der Waals surface area contributed by atoms with Crippen molar-refractivity contribution in [3.63, 3.8) is 0 Å². The van der Waals surface area contributed by atoms with Crippen LogP contribution in [-0.4, -0.2) is 26.5 Å². The molecule has 1 amide bonds. The lowest BCUT2D eigenvalue weighted by Gasteiger charge is -2.13. The van der Waals surface area contributed by atoms with Gasteiger partial charge in [-0.3, -0.25) is 9.20 Å². The second-order valence-corrected chi connectivity index (χ2v) is 8.10. The van der Waals surface area contributed by atoms with Crippen LogP contribution in [0.3, 0.4) is 0 Å². The standard InChI is InChI=1S/C24H18F4N4O/c1-13-5-6-15(23(33)29-16-7-8-16)11-17(13)14-9-10-32-20(12-14)30-31-22(32)21-18(24(26,27)28)3-2-4-19(21)25/h2-6,9-12,16H,7-8H2,1H3,(H,29,33). The third-order valence-corrected chi connectivity index (χ3v) is 5.68. The highest BCUT2D eigenvalue weighted by Gasteiger charge is 2.36. The number of fused-ring (bicyclic) bond motifs is 1. The third kappa shape index (κ3) is 3.94. The minimum atomic E-state index is -4.75. The molecule has 1 aliphatic rings. The number of hydrogen-bond donors (Lipinski definition) is 1. The van der Waals surface area contributed by atoms with E-state index < -0.39 is 23.1 Å². The van der Waals surface area contributed by atoms with Crippen LogP contribution in [0.25, 0.3) is 28.2 Å². The molecule has 2 aromatic heterocycles. The van der Waals surface area contributed by atoms with Gasteiger partial charge in [0.15, 0.2) is 11.5 Å². The number of aryl methyl sites for hydroxylation is 1. The molecule has 0 unspecified atom stereocenters. The molecule has 2 heterocycles. The molecule has 168 valence electrons. The highest BCUT2D eigenvalue weighted by Crippen LogP contribution is 2.38. The van der Waals surface area contributed by atoms with Crippen LogP contribution in [0.5, 0.6) is 0 Å². The smallest absolute Gasteiger partial charge is 0.349 e. The lowest BCUT2D eigenvalue weighted by atomic mass is 9.98. The van der Waals surface area contributed by atoms with E-state index >= 15 is 0 Å². The summed E-state index contributed by atoms with van der Waals surface area (Å²) in [6.07, 6.45) is -1.28.